The number of carbonyl (C=O) groups is 2. The molecule has 1 atom stereocenters. The van der Waals surface area contributed by atoms with Crippen molar-refractivity contribution in [3.8, 4) is 0 Å². The van der Waals surface area contributed by atoms with Crippen LogP contribution in [0.4, 0.5) is 0 Å². The Bertz CT molecular complexity index is 530. The second kappa shape index (κ2) is 6.67. The van der Waals surface area contributed by atoms with E-state index in [1.165, 1.54) is 0 Å². The molecule has 0 saturated carbocycles. The van der Waals surface area contributed by atoms with Gasteiger partial charge in [0.25, 0.3) is 5.91 Å². The number of likely N-dealkylation sites (tertiary alicyclic amines) is 1. The Morgan fingerprint density at radius 3 is 2.86 bits per heavy atom. The van der Waals surface area contributed by atoms with Crippen LogP contribution >= 0.6 is 0 Å². The maximum Gasteiger partial charge on any atom is 0.267 e. The molecule has 0 spiro atoms. The van der Waals surface area contributed by atoms with Gasteiger partial charge < -0.3 is 15.5 Å². The van der Waals surface area contributed by atoms with Gasteiger partial charge in [-0.05, 0) is 39.1 Å². The van der Waals surface area contributed by atoms with Crippen LogP contribution in [-0.4, -0.2) is 60.3 Å². The highest BCUT2D eigenvalue weighted by molar-refractivity contribution is 5.90. The van der Waals surface area contributed by atoms with Gasteiger partial charge in [-0.2, -0.15) is 0 Å². The van der Waals surface area contributed by atoms with Crippen LogP contribution in [0.3, 0.4) is 0 Å². The van der Waals surface area contributed by atoms with Gasteiger partial charge in [-0.1, -0.05) is 6.07 Å². The van der Waals surface area contributed by atoms with E-state index in [2.05, 4.69) is 4.98 Å². The average Bonchev–Trinajstić information content (AvgIpc) is 2.47. The summed E-state index contributed by atoms with van der Waals surface area (Å²) in [5.41, 5.74) is 6.39. The number of carbonyl (C=O) groups excluding carboxylic acids is 2. The molecular formula is C15H22N4O2. The third kappa shape index (κ3) is 4.01. The predicted octanol–water partition coefficient (Wildman–Crippen LogP) is 0.448. The van der Waals surface area contributed by atoms with E-state index in [1.807, 2.05) is 30.0 Å². The lowest BCUT2D eigenvalue weighted by atomic mass is 9.94. The topological polar surface area (TPSA) is 79.5 Å². The minimum atomic E-state index is -0.520. The van der Waals surface area contributed by atoms with Crippen molar-refractivity contribution in [2.24, 2.45) is 5.73 Å². The van der Waals surface area contributed by atoms with Gasteiger partial charge in [0.1, 0.15) is 5.69 Å². The van der Waals surface area contributed by atoms with Gasteiger partial charge in [0.15, 0.2) is 0 Å². The summed E-state index contributed by atoms with van der Waals surface area (Å²) in [5.74, 6) is -0.215. The summed E-state index contributed by atoms with van der Waals surface area (Å²) in [5, 5.41) is 0. The number of likely N-dealkylation sites (N-methyl/N-ethyl adjacent to an activating group) is 1. The highest BCUT2D eigenvalue weighted by atomic mass is 16.2. The fraction of sp³-hybridized carbons (Fsp3) is 0.533. The zero-order valence-electron chi connectivity index (χ0n) is 12.6. The minimum absolute atomic E-state index is 0.135. The van der Waals surface area contributed by atoms with Crippen LogP contribution in [0.5, 0.6) is 0 Å². The molecule has 2 N–H and O–H groups in total. The largest absolute Gasteiger partial charge is 0.364 e. The van der Waals surface area contributed by atoms with Gasteiger partial charge in [-0.25, -0.2) is 4.98 Å². The summed E-state index contributed by atoms with van der Waals surface area (Å²) < 4.78 is 0. The first kappa shape index (κ1) is 15.4. The molecule has 21 heavy (non-hydrogen) atoms. The van der Waals surface area contributed by atoms with Crippen molar-refractivity contribution >= 4 is 11.8 Å². The highest BCUT2D eigenvalue weighted by Crippen LogP contribution is 2.25. The second-order valence-electron chi connectivity index (χ2n) is 5.73. The number of amides is 2. The number of pyridine rings is 1. The molecule has 6 heteroatoms. The molecule has 1 saturated heterocycles. The standard InChI is InChI=1S/C15H22N4O2/c1-18(2)10-14(20)19-8-4-5-11(9-19)12-6-3-7-13(17-12)15(16)21/h3,6-7,11H,4-5,8-10H2,1-2H3,(H2,16,21). The number of nitrogens with two attached hydrogens (primary N) is 1. The Kier molecular flexibility index (Phi) is 4.90. The van der Waals surface area contributed by atoms with E-state index in [0.29, 0.717) is 13.1 Å². The molecule has 1 fully saturated rings. The quantitative estimate of drug-likeness (QED) is 0.873. The molecule has 0 bridgehead atoms. The van der Waals surface area contributed by atoms with Crippen molar-refractivity contribution in [3.05, 3.63) is 29.6 Å². The number of hydrogen-bond donors (Lipinski definition) is 1. The van der Waals surface area contributed by atoms with Crippen molar-refractivity contribution in [1.29, 1.82) is 0 Å². The summed E-state index contributed by atoms with van der Waals surface area (Å²) in [7, 11) is 3.77. The Balaban J connectivity index is 2.08. The summed E-state index contributed by atoms with van der Waals surface area (Å²) in [6.45, 7) is 1.86. The highest BCUT2D eigenvalue weighted by Gasteiger charge is 2.26. The average molecular weight is 290 g/mol. The zero-order valence-corrected chi connectivity index (χ0v) is 12.6. The maximum absolute atomic E-state index is 12.2. The van der Waals surface area contributed by atoms with Crippen LogP contribution in [0, 0.1) is 0 Å². The second-order valence-corrected chi connectivity index (χ2v) is 5.73. The summed E-state index contributed by atoms with van der Waals surface area (Å²) in [6, 6.07) is 5.31. The third-order valence-electron chi connectivity index (χ3n) is 3.67. The molecule has 1 aliphatic heterocycles. The molecule has 0 aromatic carbocycles. The normalized spacial score (nSPS) is 18.8. The zero-order chi connectivity index (χ0) is 15.4. The van der Waals surface area contributed by atoms with Crippen LogP contribution in [0.15, 0.2) is 18.2 Å². The van der Waals surface area contributed by atoms with Crippen molar-refractivity contribution in [3.63, 3.8) is 0 Å². The molecule has 1 aromatic heterocycles. The number of hydrogen-bond acceptors (Lipinski definition) is 4. The fourth-order valence-corrected chi connectivity index (χ4v) is 2.63. The summed E-state index contributed by atoms with van der Waals surface area (Å²) >= 11 is 0. The van der Waals surface area contributed by atoms with E-state index in [4.69, 9.17) is 5.73 Å². The number of aromatic nitrogens is 1. The molecule has 1 aliphatic rings. The molecule has 6 nitrogen and oxygen atoms in total. The van der Waals surface area contributed by atoms with Gasteiger partial charge in [0, 0.05) is 24.7 Å². The molecule has 0 radical (unpaired) electrons. The number of rotatable bonds is 4. The molecule has 0 aliphatic carbocycles. The molecule has 2 heterocycles. The van der Waals surface area contributed by atoms with E-state index >= 15 is 0 Å². The van der Waals surface area contributed by atoms with Gasteiger partial charge in [-0.15, -0.1) is 0 Å². The summed E-state index contributed by atoms with van der Waals surface area (Å²) in [6.07, 6.45) is 1.92. The van der Waals surface area contributed by atoms with E-state index in [0.717, 1.165) is 25.1 Å². The molecule has 1 aromatic rings. The lowest BCUT2D eigenvalue weighted by Crippen LogP contribution is -2.43. The van der Waals surface area contributed by atoms with Crippen molar-refractivity contribution in [2.45, 2.75) is 18.8 Å². The van der Waals surface area contributed by atoms with Gasteiger partial charge in [0.2, 0.25) is 5.91 Å². The van der Waals surface area contributed by atoms with Crippen LogP contribution < -0.4 is 5.73 Å². The third-order valence-corrected chi connectivity index (χ3v) is 3.67. The maximum atomic E-state index is 12.2. The van der Waals surface area contributed by atoms with E-state index in [9.17, 15) is 9.59 Å². The molecule has 2 rings (SSSR count). The molecule has 1 unspecified atom stereocenters. The van der Waals surface area contributed by atoms with Crippen LogP contribution in [-0.2, 0) is 4.79 Å². The predicted molar refractivity (Wildman–Crippen MR) is 79.9 cm³/mol. The first-order valence-corrected chi connectivity index (χ1v) is 7.16. The Labute approximate surface area is 124 Å². The molecule has 114 valence electrons. The SMILES string of the molecule is CN(C)CC(=O)N1CCCC(c2cccc(C(N)=O)n2)C1. The van der Waals surface area contributed by atoms with Crippen molar-refractivity contribution in [2.75, 3.05) is 33.7 Å². The number of piperidine rings is 1. The lowest BCUT2D eigenvalue weighted by molar-refractivity contribution is -0.133. The first-order valence-electron chi connectivity index (χ1n) is 7.16. The van der Waals surface area contributed by atoms with E-state index < -0.39 is 5.91 Å². The van der Waals surface area contributed by atoms with Crippen molar-refractivity contribution in [1.82, 2.24) is 14.8 Å². The van der Waals surface area contributed by atoms with Crippen LogP contribution in [0.2, 0.25) is 0 Å². The molecular weight excluding hydrogens is 268 g/mol. The fourth-order valence-electron chi connectivity index (χ4n) is 2.63. The number of primary amides is 1. The Morgan fingerprint density at radius 2 is 2.19 bits per heavy atom. The smallest absolute Gasteiger partial charge is 0.267 e. The van der Waals surface area contributed by atoms with E-state index in [1.54, 1.807) is 12.1 Å². The molecule has 2 amide bonds. The number of nitrogens with zero attached hydrogens (tertiary/aromatic N) is 3. The van der Waals surface area contributed by atoms with Crippen LogP contribution in [0.25, 0.3) is 0 Å². The van der Waals surface area contributed by atoms with Crippen LogP contribution in [0.1, 0.15) is 34.9 Å². The summed E-state index contributed by atoms with van der Waals surface area (Å²) in [4.78, 5) is 31.5. The first-order chi connectivity index (χ1) is 9.97. The van der Waals surface area contributed by atoms with Gasteiger partial charge in [0.05, 0.1) is 6.54 Å². The Morgan fingerprint density at radius 1 is 1.43 bits per heavy atom. The monoisotopic (exact) mass is 290 g/mol. The van der Waals surface area contributed by atoms with Gasteiger partial charge >= 0.3 is 0 Å². The van der Waals surface area contributed by atoms with E-state index in [-0.39, 0.29) is 17.5 Å². The van der Waals surface area contributed by atoms with Gasteiger partial charge in [-0.3, -0.25) is 9.59 Å². The van der Waals surface area contributed by atoms with Crippen molar-refractivity contribution < 1.29 is 9.59 Å². The lowest BCUT2D eigenvalue weighted by Gasteiger charge is -2.33. The minimum Gasteiger partial charge on any atom is -0.364 e. The Hall–Kier alpha value is -1.95.